The van der Waals surface area contributed by atoms with Gasteiger partial charge in [-0.2, -0.15) is 0 Å². The lowest BCUT2D eigenvalue weighted by molar-refractivity contribution is 1.50. The molecule has 56 heavy (non-hydrogen) atoms. The number of hydrogen-bond acceptors (Lipinski definition) is 0. The van der Waals surface area contributed by atoms with Crippen molar-refractivity contribution in [2.24, 2.45) is 0 Å². The highest BCUT2D eigenvalue weighted by atomic mass is 14.0. The van der Waals surface area contributed by atoms with E-state index in [1.165, 1.54) is 22.3 Å². The highest BCUT2D eigenvalue weighted by molar-refractivity contribution is 5.63. The summed E-state index contributed by atoms with van der Waals surface area (Å²) >= 11 is 0. The second-order valence-corrected chi connectivity index (χ2v) is 8.93. The molecule has 0 aliphatic heterocycles. The molecule has 0 bridgehead atoms. The topological polar surface area (TPSA) is 0 Å². The van der Waals surface area contributed by atoms with Gasteiger partial charge in [0.25, 0.3) is 0 Å². The summed E-state index contributed by atoms with van der Waals surface area (Å²) in [5.74, 6) is 0. The van der Waals surface area contributed by atoms with Gasteiger partial charge in [-0.25, -0.2) is 0 Å². The minimum atomic E-state index is 1.28. The first kappa shape index (κ1) is 59.8. The molecular weight excluding hydrogens is 673 g/mol. The molecule has 304 valence electrons. The molecule has 0 radical (unpaired) electrons. The van der Waals surface area contributed by atoms with Gasteiger partial charge in [0.05, 0.1) is 0 Å². The van der Waals surface area contributed by atoms with Crippen LogP contribution in [-0.4, -0.2) is 0 Å². The SMILES string of the molecule is CC.CC.CC.CC.CC.CC.CC.c1ccc(-c2ccccc2)cc1.c1ccc(-c2ccccc2)cc1.c1ccccc1.c1ccccc1.c1ccccc1. The largest absolute Gasteiger partial charge is 0.0683 e. The van der Waals surface area contributed by atoms with Gasteiger partial charge in [-0.05, 0) is 22.3 Å². The predicted octanol–water partition coefficient (Wildman–Crippen LogP) is 19.0. The quantitative estimate of drug-likeness (QED) is 0.165. The molecular formula is C56H80. The monoisotopic (exact) mass is 753 g/mol. The van der Waals surface area contributed by atoms with Crippen LogP contribution in [0, 0.1) is 0 Å². The van der Waals surface area contributed by atoms with E-state index in [2.05, 4.69) is 97.1 Å². The van der Waals surface area contributed by atoms with Crippen LogP contribution in [0.4, 0.5) is 0 Å². The molecule has 7 aromatic rings. The Morgan fingerprint density at radius 3 is 0.286 bits per heavy atom. The molecule has 7 aromatic carbocycles. The normalized spacial score (nSPS) is 7.46. The van der Waals surface area contributed by atoms with Crippen molar-refractivity contribution in [1.29, 1.82) is 0 Å². The molecule has 0 N–H and O–H groups in total. The molecule has 0 unspecified atom stereocenters. The van der Waals surface area contributed by atoms with Crippen LogP contribution < -0.4 is 0 Å². The lowest BCUT2D eigenvalue weighted by atomic mass is 10.1. The Kier molecular flexibility index (Phi) is 62.8. The third-order valence-corrected chi connectivity index (χ3v) is 5.76. The maximum atomic E-state index is 2.12. The Hall–Kier alpha value is -5.46. The van der Waals surface area contributed by atoms with Gasteiger partial charge in [-0.15, -0.1) is 0 Å². The molecule has 0 nitrogen and oxygen atoms in total. The fourth-order valence-corrected chi connectivity index (χ4v) is 3.68. The van der Waals surface area contributed by atoms with Crippen molar-refractivity contribution in [3.05, 3.63) is 231 Å². The molecule has 0 atom stereocenters. The van der Waals surface area contributed by atoms with Gasteiger partial charge in [0.1, 0.15) is 0 Å². The predicted molar refractivity (Wildman–Crippen MR) is 263 cm³/mol. The second kappa shape index (κ2) is 58.8. The van der Waals surface area contributed by atoms with Crippen molar-refractivity contribution in [2.45, 2.75) is 96.9 Å². The summed E-state index contributed by atoms with van der Waals surface area (Å²) < 4.78 is 0. The molecule has 0 saturated heterocycles. The summed E-state index contributed by atoms with van der Waals surface area (Å²) in [5.41, 5.74) is 5.10. The summed E-state index contributed by atoms with van der Waals surface area (Å²) in [6.45, 7) is 28.0. The lowest BCUT2D eigenvalue weighted by Crippen LogP contribution is -1.73. The summed E-state index contributed by atoms with van der Waals surface area (Å²) in [6.07, 6.45) is 0. The van der Waals surface area contributed by atoms with Crippen LogP contribution in [0.2, 0.25) is 0 Å². The summed E-state index contributed by atoms with van der Waals surface area (Å²) in [5, 5.41) is 0. The van der Waals surface area contributed by atoms with Crippen molar-refractivity contribution in [3.63, 3.8) is 0 Å². The van der Waals surface area contributed by atoms with Crippen LogP contribution in [-0.2, 0) is 0 Å². The Labute approximate surface area is 348 Å². The van der Waals surface area contributed by atoms with E-state index in [4.69, 9.17) is 0 Å². The smallest absolute Gasteiger partial charge is 0.0184 e. The summed E-state index contributed by atoms with van der Waals surface area (Å²) in [4.78, 5) is 0. The molecule has 0 aromatic heterocycles. The number of rotatable bonds is 2. The average molecular weight is 753 g/mol. The molecule has 0 heterocycles. The van der Waals surface area contributed by atoms with E-state index in [9.17, 15) is 0 Å². The second-order valence-electron chi connectivity index (χ2n) is 8.93. The summed E-state index contributed by atoms with van der Waals surface area (Å²) in [6, 6.07) is 77.6. The van der Waals surface area contributed by atoms with Gasteiger partial charge in [0.15, 0.2) is 0 Å². The Bertz CT molecular complexity index is 1200. The third-order valence-electron chi connectivity index (χ3n) is 5.76. The van der Waals surface area contributed by atoms with Crippen molar-refractivity contribution in [1.82, 2.24) is 0 Å². The van der Waals surface area contributed by atoms with Gasteiger partial charge in [0.2, 0.25) is 0 Å². The first-order valence-corrected chi connectivity index (χ1v) is 21.1. The molecule has 0 heteroatoms. The van der Waals surface area contributed by atoms with Crippen molar-refractivity contribution < 1.29 is 0 Å². The third kappa shape index (κ3) is 39.7. The minimum Gasteiger partial charge on any atom is -0.0683 e. The van der Waals surface area contributed by atoms with E-state index in [0.717, 1.165) is 0 Å². The van der Waals surface area contributed by atoms with Crippen LogP contribution in [0.1, 0.15) is 96.9 Å². The molecule has 0 fully saturated rings. The van der Waals surface area contributed by atoms with Crippen LogP contribution >= 0.6 is 0 Å². The summed E-state index contributed by atoms with van der Waals surface area (Å²) in [7, 11) is 0. The van der Waals surface area contributed by atoms with Gasteiger partial charge in [-0.3, -0.25) is 0 Å². The maximum Gasteiger partial charge on any atom is -0.0184 e. The fourth-order valence-electron chi connectivity index (χ4n) is 3.68. The Morgan fingerprint density at radius 1 is 0.125 bits per heavy atom. The number of hydrogen-bond donors (Lipinski definition) is 0. The molecule has 0 aliphatic rings. The first-order chi connectivity index (χ1) is 27.9. The van der Waals surface area contributed by atoms with E-state index in [1.54, 1.807) is 0 Å². The van der Waals surface area contributed by atoms with Gasteiger partial charge in [0, 0.05) is 0 Å². The van der Waals surface area contributed by atoms with Crippen LogP contribution in [0.15, 0.2) is 231 Å². The van der Waals surface area contributed by atoms with Crippen LogP contribution in [0.25, 0.3) is 22.3 Å². The van der Waals surface area contributed by atoms with Crippen LogP contribution in [0.5, 0.6) is 0 Å². The standard InChI is InChI=1S/2C12H10.3C6H6.7C2H6/c2*1-3-7-11(8-4-1)12-9-5-2-6-10-12;3*1-2-4-6-5-3-1;7*1-2/h2*1-10H;3*1-6H;7*1-2H3. The fraction of sp³-hybridized carbons (Fsp3) is 0.250. The average Bonchev–Trinajstić information content (AvgIpc) is 3.37. The Morgan fingerprint density at radius 2 is 0.196 bits per heavy atom. The van der Waals surface area contributed by atoms with E-state index < -0.39 is 0 Å². The zero-order valence-corrected chi connectivity index (χ0v) is 37.9. The lowest BCUT2D eigenvalue weighted by Gasteiger charge is -1.98. The van der Waals surface area contributed by atoms with E-state index in [-0.39, 0.29) is 0 Å². The molecule has 0 aliphatic carbocycles. The van der Waals surface area contributed by atoms with Gasteiger partial charge in [-0.1, -0.05) is 327 Å². The molecule has 0 amide bonds. The highest BCUT2D eigenvalue weighted by Gasteiger charge is 1.92. The zero-order chi connectivity index (χ0) is 43.2. The first-order valence-electron chi connectivity index (χ1n) is 21.1. The molecule has 7 rings (SSSR count). The molecule has 0 spiro atoms. The van der Waals surface area contributed by atoms with E-state index in [1.807, 2.05) is 230 Å². The molecule has 0 saturated carbocycles. The van der Waals surface area contributed by atoms with E-state index in [0.29, 0.717) is 0 Å². The zero-order valence-electron chi connectivity index (χ0n) is 37.9. The van der Waals surface area contributed by atoms with Crippen molar-refractivity contribution in [2.75, 3.05) is 0 Å². The van der Waals surface area contributed by atoms with Crippen molar-refractivity contribution in [3.8, 4) is 22.3 Å². The maximum absolute atomic E-state index is 2.12. The van der Waals surface area contributed by atoms with Crippen molar-refractivity contribution >= 4 is 0 Å². The van der Waals surface area contributed by atoms with Crippen LogP contribution in [0.3, 0.4) is 0 Å². The number of benzene rings is 7. The van der Waals surface area contributed by atoms with Gasteiger partial charge < -0.3 is 0 Å². The Balaban J connectivity index is -0.000000184. The van der Waals surface area contributed by atoms with Gasteiger partial charge >= 0.3 is 0 Å². The highest BCUT2D eigenvalue weighted by Crippen LogP contribution is 2.18. The van der Waals surface area contributed by atoms with E-state index >= 15 is 0 Å². The minimum absolute atomic E-state index is 1.28.